The van der Waals surface area contributed by atoms with Gasteiger partial charge in [0.15, 0.2) is 5.13 Å². The van der Waals surface area contributed by atoms with E-state index in [9.17, 15) is 0 Å². The molecule has 1 aromatic heterocycles. The fourth-order valence-electron chi connectivity index (χ4n) is 1.68. The minimum atomic E-state index is 1.01. The third kappa shape index (κ3) is 3.30. The average Bonchev–Trinajstić information content (AvgIpc) is 2.69. The van der Waals surface area contributed by atoms with Gasteiger partial charge in [-0.05, 0) is 37.5 Å². The Morgan fingerprint density at radius 1 is 1.24 bits per heavy atom. The second-order valence-electron chi connectivity index (χ2n) is 3.90. The fourth-order valence-corrected chi connectivity index (χ4v) is 2.86. The van der Waals surface area contributed by atoms with Crippen molar-refractivity contribution in [2.24, 2.45) is 0 Å². The monoisotopic (exact) mass is 310 g/mol. The summed E-state index contributed by atoms with van der Waals surface area (Å²) in [6.45, 7) is 2.08. The Kier molecular flexibility index (Phi) is 4.18. The van der Waals surface area contributed by atoms with Crippen molar-refractivity contribution in [1.82, 2.24) is 4.98 Å². The molecule has 1 heterocycles. The summed E-state index contributed by atoms with van der Waals surface area (Å²) in [6, 6.07) is 8.51. The van der Waals surface area contributed by atoms with E-state index in [4.69, 9.17) is 0 Å². The van der Waals surface area contributed by atoms with Crippen molar-refractivity contribution in [3.8, 4) is 0 Å². The number of aromatic nitrogens is 1. The number of halogens is 1. The zero-order valence-corrected chi connectivity index (χ0v) is 12.4. The molecule has 0 saturated heterocycles. The number of rotatable bonds is 4. The summed E-state index contributed by atoms with van der Waals surface area (Å²) in [7, 11) is 1.91. The van der Waals surface area contributed by atoms with Gasteiger partial charge in [-0.25, -0.2) is 4.98 Å². The van der Waals surface area contributed by atoms with E-state index in [0.29, 0.717) is 0 Å². The van der Waals surface area contributed by atoms with E-state index in [1.807, 2.05) is 7.05 Å². The van der Waals surface area contributed by atoms with Gasteiger partial charge in [-0.3, -0.25) is 0 Å². The first-order valence-corrected chi connectivity index (χ1v) is 7.18. The highest BCUT2D eigenvalue weighted by Crippen LogP contribution is 2.23. The van der Waals surface area contributed by atoms with Gasteiger partial charge in [-0.2, -0.15) is 0 Å². The van der Waals surface area contributed by atoms with E-state index in [1.54, 1.807) is 11.3 Å². The van der Waals surface area contributed by atoms with E-state index in [1.165, 1.54) is 10.4 Å². The van der Waals surface area contributed by atoms with Gasteiger partial charge in [0, 0.05) is 16.4 Å². The van der Waals surface area contributed by atoms with Crippen LogP contribution in [0.5, 0.6) is 0 Å². The minimum absolute atomic E-state index is 1.01. The molecule has 0 bridgehead atoms. The molecule has 0 aliphatic rings. The number of hydrogen-bond acceptors (Lipinski definition) is 3. The number of aryl methyl sites for hydroxylation is 3. The molecule has 0 spiro atoms. The molecule has 0 atom stereocenters. The highest BCUT2D eigenvalue weighted by Gasteiger charge is 2.06. The SMILES string of the molecule is CNc1nc(C)c(CCc2ccc(Br)cc2)s1. The van der Waals surface area contributed by atoms with Crippen LogP contribution in [0, 0.1) is 6.92 Å². The number of benzene rings is 1. The lowest BCUT2D eigenvalue weighted by Gasteiger charge is -2.00. The Labute approximate surface area is 114 Å². The third-order valence-electron chi connectivity index (χ3n) is 2.66. The molecule has 0 aliphatic carbocycles. The molecule has 0 fully saturated rings. The lowest BCUT2D eigenvalue weighted by Crippen LogP contribution is -1.90. The highest BCUT2D eigenvalue weighted by atomic mass is 79.9. The molecule has 17 heavy (non-hydrogen) atoms. The molecule has 0 amide bonds. The van der Waals surface area contributed by atoms with E-state index >= 15 is 0 Å². The molecule has 0 unspecified atom stereocenters. The first-order chi connectivity index (χ1) is 8.19. The Morgan fingerprint density at radius 3 is 2.53 bits per heavy atom. The summed E-state index contributed by atoms with van der Waals surface area (Å²) in [5.74, 6) is 0. The number of nitrogens with one attached hydrogen (secondary N) is 1. The Hall–Kier alpha value is -0.870. The lowest BCUT2D eigenvalue weighted by molar-refractivity contribution is 0.962. The Balaban J connectivity index is 2.01. The Morgan fingerprint density at radius 2 is 1.94 bits per heavy atom. The summed E-state index contributed by atoms with van der Waals surface area (Å²) in [5, 5.41) is 4.10. The van der Waals surface area contributed by atoms with E-state index in [-0.39, 0.29) is 0 Å². The van der Waals surface area contributed by atoms with Crippen molar-refractivity contribution in [1.29, 1.82) is 0 Å². The normalized spacial score (nSPS) is 10.5. The summed E-state index contributed by atoms with van der Waals surface area (Å²) in [5.41, 5.74) is 2.52. The number of nitrogens with zero attached hydrogens (tertiary/aromatic N) is 1. The number of thiazole rings is 1. The fraction of sp³-hybridized carbons (Fsp3) is 0.308. The highest BCUT2D eigenvalue weighted by molar-refractivity contribution is 9.10. The first-order valence-electron chi connectivity index (χ1n) is 5.57. The van der Waals surface area contributed by atoms with Gasteiger partial charge in [0.2, 0.25) is 0 Å². The van der Waals surface area contributed by atoms with Gasteiger partial charge in [0.25, 0.3) is 0 Å². The minimum Gasteiger partial charge on any atom is -0.365 e. The molecule has 4 heteroatoms. The molecule has 0 aliphatic heterocycles. The summed E-state index contributed by atoms with van der Waals surface area (Å²) in [6.07, 6.45) is 2.13. The largest absolute Gasteiger partial charge is 0.365 e. The molecule has 90 valence electrons. The predicted octanol–water partition coefficient (Wildman–Crippen LogP) is 4.04. The predicted molar refractivity (Wildman–Crippen MR) is 77.9 cm³/mol. The maximum absolute atomic E-state index is 4.46. The molecule has 1 aromatic carbocycles. The van der Waals surface area contributed by atoms with Gasteiger partial charge < -0.3 is 5.32 Å². The van der Waals surface area contributed by atoms with Crippen molar-refractivity contribution < 1.29 is 0 Å². The van der Waals surface area contributed by atoms with Crippen LogP contribution in [0.3, 0.4) is 0 Å². The van der Waals surface area contributed by atoms with Crippen LogP contribution in [0.25, 0.3) is 0 Å². The van der Waals surface area contributed by atoms with Crippen LogP contribution >= 0.6 is 27.3 Å². The van der Waals surface area contributed by atoms with Crippen LogP contribution < -0.4 is 5.32 Å². The van der Waals surface area contributed by atoms with Crippen LogP contribution in [0.1, 0.15) is 16.1 Å². The quantitative estimate of drug-likeness (QED) is 0.922. The van der Waals surface area contributed by atoms with Crippen LogP contribution in [0.15, 0.2) is 28.7 Å². The topological polar surface area (TPSA) is 24.9 Å². The smallest absolute Gasteiger partial charge is 0.182 e. The van der Waals surface area contributed by atoms with Gasteiger partial charge in [0.1, 0.15) is 0 Å². The van der Waals surface area contributed by atoms with Crippen molar-refractivity contribution in [3.63, 3.8) is 0 Å². The van der Waals surface area contributed by atoms with Crippen LogP contribution in [0.4, 0.5) is 5.13 Å². The van der Waals surface area contributed by atoms with E-state index in [2.05, 4.69) is 57.4 Å². The molecule has 2 nitrogen and oxygen atoms in total. The van der Waals surface area contributed by atoms with Gasteiger partial charge in [-0.15, -0.1) is 11.3 Å². The van der Waals surface area contributed by atoms with E-state index in [0.717, 1.165) is 28.1 Å². The van der Waals surface area contributed by atoms with Crippen molar-refractivity contribution >= 4 is 32.4 Å². The van der Waals surface area contributed by atoms with Gasteiger partial charge >= 0.3 is 0 Å². The van der Waals surface area contributed by atoms with Crippen molar-refractivity contribution in [3.05, 3.63) is 44.9 Å². The summed E-state index contributed by atoms with van der Waals surface area (Å²) >= 11 is 5.20. The number of anilines is 1. The van der Waals surface area contributed by atoms with Crippen molar-refractivity contribution in [2.75, 3.05) is 12.4 Å². The maximum atomic E-state index is 4.46. The second kappa shape index (κ2) is 5.65. The number of hydrogen-bond donors (Lipinski definition) is 1. The third-order valence-corrected chi connectivity index (χ3v) is 4.42. The lowest BCUT2D eigenvalue weighted by atomic mass is 10.1. The van der Waals surface area contributed by atoms with Crippen LogP contribution in [0.2, 0.25) is 0 Å². The molecular formula is C13H15BrN2S. The summed E-state index contributed by atoms with van der Waals surface area (Å²) in [4.78, 5) is 5.83. The second-order valence-corrected chi connectivity index (χ2v) is 5.90. The first kappa shape index (κ1) is 12.6. The van der Waals surface area contributed by atoms with Gasteiger partial charge in [0.05, 0.1) is 5.69 Å². The molecule has 0 radical (unpaired) electrons. The maximum Gasteiger partial charge on any atom is 0.182 e. The van der Waals surface area contributed by atoms with Crippen molar-refractivity contribution in [2.45, 2.75) is 19.8 Å². The molecule has 0 saturated carbocycles. The van der Waals surface area contributed by atoms with Crippen LogP contribution in [-0.2, 0) is 12.8 Å². The standard InChI is InChI=1S/C13H15BrN2S/c1-9-12(17-13(15-2)16-9)8-5-10-3-6-11(14)7-4-10/h3-4,6-7H,5,8H2,1-2H3,(H,15,16). The molecule has 2 aromatic rings. The zero-order valence-electron chi connectivity index (χ0n) is 9.96. The van der Waals surface area contributed by atoms with Gasteiger partial charge in [-0.1, -0.05) is 28.1 Å². The molecular weight excluding hydrogens is 296 g/mol. The average molecular weight is 311 g/mol. The van der Waals surface area contributed by atoms with E-state index < -0.39 is 0 Å². The summed E-state index contributed by atoms with van der Waals surface area (Å²) < 4.78 is 1.13. The zero-order chi connectivity index (χ0) is 12.3. The van der Waals surface area contributed by atoms with Crippen LogP contribution in [-0.4, -0.2) is 12.0 Å². The molecule has 1 N–H and O–H groups in total. The Bertz CT molecular complexity index is 491. The molecule has 2 rings (SSSR count).